The van der Waals surface area contributed by atoms with Gasteiger partial charge < -0.3 is 4.90 Å². The Morgan fingerprint density at radius 3 is 2.81 bits per heavy atom. The van der Waals surface area contributed by atoms with E-state index >= 15 is 0 Å². The summed E-state index contributed by atoms with van der Waals surface area (Å²) in [6, 6.07) is 4.33. The van der Waals surface area contributed by atoms with Gasteiger partial charge in [-0.05, 0) is 37.7 Å². The Kier molecular flexibility index (Phi) is 3.85. The van der Waals surface area contributed by atoms with E-state index in [1.165, 1.54) is 31.0 Å². The minimum Gasteiger partial charge on any atom is -0.335 e. The van der Waals surface area contributed by atoms with Crippen molar-refractivity contribution in [3.05, 3.63) is 38.9 Å². The predicted molar refractivity (Wildman–Crippen MR) is 79.5 cm³/mol. The molecule has 5 nitrogen and oxygen atoms in total. The quantitative estimate of drug-likeness (QED) is 0.619. The van der Waals surface area contributed by atoms with Gasteiger partial charge in [0.25, 0.3) is 11.6 Å². The largest absolute Gasteiger partial charge is 0.335 e. The number of halogens is 1. The van der Waals surface area contributed by atoms with Gasteiger partial charge in [-0.25, -0.2) is 0 Å². The summed E-state index contributed by atoms with van der Waals surface area (Å²) in [6.07, 6.45) is 5.54. The van der Waals surface area contributed by atoms with E-state index in [0.29, 0.717) is 5.92 Å². The third kappa shape index (κ3) is 2.62. The van der Waals surface area contributed by atoms with Gasteiger partial charge >= 0.3 is 0 Å². The number of nitro groups is 1. The zero-order valence-corrected chi connectivity index (χ0v) is 12.4. The zero-order valence-electron chi connectivity index (χ0n) is 11.6. The average molecular weight is 309 g/mol. The number of likely N-dealkylation sites (tertiary alicyclic amines) is 1. The van der Waals surface area contributed by atoms with E-state index in [1.54, 1.807) is 0 Å². The molecule has 3 rings (SSSR count). The third-order valence-corrected chi connectivity index (χ3v) is 4.97. The summed E-state index contributed by atoms with van der Waals surface area (Å²) in [5.74, 6) is 0.417. The van der Waals surface area contributed by atoms with E-state index in [0.717, 1.165) is 25.8 Å². The maximum absolute atomic E-state index is 12.8. The van der Waals surface area contributed by atoms with Gasteiger partial charge in [-0.3, -0.25) is 14.9 Å². The Labute approximate surface area is 128 Å². The molecule has 1 aliphatic heterocycles. The van der Waals surface area contributed by atoms with Gasteiger partial charge in [-0.15, -0.1) is 0 Å². The first-order chi connectivity index (χ1) is 10.1. The number of amides is 1. The molecule has 0 radical (unpaired) electrons. The van der Waals surface area contributed by atoms with E-state index in [4.69, 9.17) is 11.6 Å². The fourth-order valence-corrected chi connectivity index (χ4v) is 3.85. The Hall–Kier alpha value is -1.62. The number of carbonyl (C=O) groups is 1. The fraction of sp³-hybridized carbons (Fsp3) is 0.533. The number of rotatable bonds is 2. The molecule has 2 aliphatic rings. The highest BCUT2D eigenvalue weighted by atomic mass is 35.5. The molecular weight excluding hydrogens is 292 g/mol. The molecule has 1 amide bonds. The number of carbonyl (C=O) groups excluding carboxylic acids is 1. The van der Waals surface area contributed by atoms with Gasteiger partial charge in [0, 0.05) is 24.7 Å². The van der Waals surface area contributed by atoms with Gasteiger partial charge in [0.1, 0.15) is 0 Å². The van der Waals surface area contributed by atoms with Crippen LogP contribution in [0.1, 0.15) is 42.5 Å². The zero-order chi connectivity index (χ0) is 15.0. The number of fused-ring (bicyclic) bond motifs is 1. The molecule has 1 aromatic carbocycles. The van der Waals surface area contributed by atoms with Gasteiger partial charge in [0.15, 0.2) is 0 Å². The molecule has 1 saturated carbocycles. The average Bonchev–Trinajstić information content (AvgIpc) is 2.95. The summed E-state index contributed by atoms with van der Waals surface area (Å²) < 4.78 is 0. The van der Waals surface area contributed by atoms with Crippen LogP contribution >= 0.6 is 11.6 Å². The van der Waals surface area contributed by atoms with Gasteiger partial charge in [-0.2, -0.15) is 0 Å². The van der Waals surface area contributed by atoms with Crippen molar-refractivity contribution in [3.63, 3.8) is 0 Å². The van der Waals surface area contributed by atoms with Crippen LogP contribution in [0.15, 0.2) is 18.2 Å². The van der Waals surface area contributed by atoms with Crippen LogP contribution in [-0.2, 0) is 0 Å². The Morgan fingerprint density at radius 1 is 1.29 bits per heavy atom. The summed E-state index contributed by atoms with van der Waals surface area (Å²) >= 11 is 6.09. The van der Waals surface area contributed by atoms with Crippen molar-refractivity contribution in [2.45, 2.75) is 38.1 Å². The molecule has 0 bridgehead atoms. The minimum atomic E-state index is -0.498. The summed E-state index contributed by atoms with van der Waals surface area (Å²) in [6.45, 7) is 0.721. The second-order valence-electron chi connectivity index (χ2n) is 5.82. The van der Waals surface area contributed by atoms with Crippen LogP contribution in [0.5, 0.6) is 0 Å². The number of nitrogens with zero attached hydrogens (tertiary/aromatic N) is 2. The number of nitro benzene ring substituents is 1. The van der Waals surface area contributed by atoms with Gasteiger partial charge in [0.2, 0.25) is 0 Å². The molecular formula is C15H17ClN2O3. The first kappa shape index (κ1) is 14.3. The lowest BCUT2D eigenvalue weighted by Crippen LogP contribution is -2.46. The number of hydrogen-bond donors (Lipinski definition) is 0. The lowest BCUT2D eigenvalue weighted by molar-refractivity contribution is -0.384. The van der Waals surface area contributed by atoms with Crippen molar-refractivity contribution in [2.24, 2.45) is 5.92 Å². The Bertz CT molecular complexity index is 590. The molecule has 6 heteroatoms. The molecule has 112 valence electrons. The number of benzene rings is 1. The van der Waals surface area contributed by atoms with Crippen LogP contribution in [0.4, 0.5) is 5.69 Å². The van der Waals surface area contributed by atoms with E-state index in [2.05, 4.69) is 0 Å². The Balaban J connectivity index is 1.90. The smallest absolute Gasteiger partial charge is 0.270 e. The fourth-order valence-electron chi connectivity index (χ4n) is 3.65. The number of non-ortho nitro benzene ring substituents is 1. The first-order valence-corrected chi connectivity index (χ1v) is 7.70. The van der Waals surface area contributed by atoms with Crippen molar-refractivity contribution in [1.82, 2.24) is 4.90 Å². The maximum Gasteiger partial charge on any atom is 0.270 e. The van der Waals surface area contributed by atoms with E-state index in [1.807, 2.05) is 4.90 Å². The van der Waals surface area contributed by atoms with Gasteiger partial charge in [0.05, 0.1) is 15.5 Å². The summed E-state index contributed by atoms with van der Waals surface area (Å²) in [5, 5.41) is 11.2. The molecule has 21 heavy (non-hydrogen) atoms. The van der Waals surface area contributed by atoms with Crippen LogP contribution in [-0.4, -0.2) is 28.3 Å². The van der Waals surface area contributed by atoms with Crippen molar-refractivity contribution in [1.29, 1.82) is 0 Å². The number of hydrogen-bond acceptors (Lipinski definition) is 3. The standard InChI is InChI=1S/C15H17ClN2O3/c16-13-7-6-11(18(20)21)9-12(13)15(19)17-8-2-4-10-3-1-5-14(10)17/h6-7,9-10,14H,1-5,8H2. The van der Waals surface area contributed by atoms with E-state index < -0.39 is 4.92 Å². The lowest BCUT2D eigenvalue weighted by atomic mass is 9.91. The minimum absolute atomic E-state index is 0.0947. The number of piperidine rings is 1. The summed E-state index contributed by atoms with van der Waals surface area (Å²) in [5.41, 5.74) is 0.154. The molecule has 0 N–H and O–H groups in total. The normalized spacial score (nSPS) is 24.7. The van der Waals surface area contributed by atoms with Crippen LogP contribution in [0.2, 0.25) is 5.02 Å². The third-order valence-electron chi connectivity index (χ3n) is 4.65. The van der Waals surface area contributed by atoms with Crippen LogP contribution in [0.3, 0.4) is 0 Å². The SMILES string of the molecule is O=C(c1cc([N+](=O)[O-])ccc1Cl)N1CCCC2CCCC21. The summed E-state index contributed by atoms with van der Waals surface area (Å²) in [7, 11) is 0. The molecule has 1 saturated heterocycles. The molecule has 1 aromatic rings. The van der Waals surface area contributed by atoms with Crippen LogP contribution in [0, 0.1) is 16.0 Å². The highest BCUT2D eigenvalue weighted by Crippen LogP contribution is 2.38. The highest BCUT2D eigenvalue weighted by Gasteiger charge is 2.38. The maximum atomic E-state index is 12.8. The van der Waals surface area contributed by atoms with Crippen molar-refractivity contribution in [2.75, 3.05) is 6.54 Å². The molecule has 2 atom stereocenters. The molecule has 2 unspecified atom stereocenters. The summed E-state index contributed by atoms with van der Waals surface area (Å²) in [4.78, 5) is 25.0. The molecule has 0 spiro atoms. The van der Waals surface area contributed by atoms with Crippen molar-refractivity contribution in [3.8, 4) is 0 Å². The monoisotopic (exact) mass is 308 g/mol. The highest BCUT2D eigenvalue weighted by molar-refractivity contribution is 6.33. The van der Waals surface area contributed by atoms with Crippen molar-refractivity contribution < 1.29 is 9.72 Å². The lowest BCUT2D eigenvalue weighted by Gasteiger charge is -2.38. The second kappa shape index (κ2) is 5.64. The van der Waals surface area contributed by atoms with E-state index in [-0.39, 0.29) is 28.2 Å². The first-order valence-electron chi connectivity index (χ1n) is 7.33. The van der Waals surface area contributed by atoms with E-state index in [9.17, 15) is 14.9 Å². The molecule has 2 fully saturated rings. The topological polar surface area (TPSA) is 63.4 Å². The van der Waals surface area contributed by atoms with Crippen molar-refractivity contribution >= 4 is 23.2 Å². The van der Waals surface area contributed by atoms with Gasteiger partial charge in [-0.1, -0.05) is 18.0 Å². The molecule has 0 aromatic heterocycles. The van der Waals surface area contributed by atoms with Crippen LogP contribution < -0.4 is 0 Å². The predicted octanol–water partition coefficient (Wildman–Crippen LogP) is 3.65. The van der Waals surface area contributed by atoms with Crippen LogP contribution in [0.25, 0.3) is 0 Å². The molecule has 1 heterocycles. The molecule has 1 aliphatic carbocycles. The Morgan fingerprint density at radius 2 is 2.05 bits per heavy atom. The second-order valence-corrected chi connectivity index (χ2v) is 6.23.